The second-order valence-corrected chi connectivity index (χ2v) is 12.1. The van der Waals surface area contributed by atoms with Crippen molar-refractivity contribution < 1.29 is 19.1 Å². The average Bonchev–Trinajstić information content (AvgIpc) is 2.44. The molecule has 1 aliphatic rings. The van der Waals surface area contributed by atoms with Gasteiger partial charge in [-0.3, -0.25) is 4.79 Å². The van der Waals surface area contributed by atoms with E-state index in [0.29, 0.717) is 5.75 Å². The Morgan fingerprint density at radius 2 is 2.09 bits per heavy atom. The van der Waals surface area contributed by atoms with Crippen LogP contribution in [0.1, 0.15) is 20.8 Å². The number of fused-ring (bicyclic) bond motifs is 1. The first-order valence-electron chi connectivity index (χ1n) is 7.74. The standard InChI is InChI=1S/C16H26N2O4Si/c1-16(2,3)23(4,5)22-12(9-17)14-15(20)18-13-10(19)7-6-8-11(13)21-14/h6-8,12,14,19H,9,17H2,1-5H3,(H,18,20)/t12?,14-/m1/s1. The summed E-state index contributed by atoms with van der Waals surface area (Å²) in [5, 5.41) is 12.5. The van der Waals surface area contributed by atoms with Gasteiger partial charge in [-0.05, 0) is 30.3 Å². The maximum atomic E-state index is 12.4. The van der Waals surface area contributed by atoms with Crippen LogP contribution in [0.25, 0.3) is 0 Å². The summed E-state index contributed by atoms with van der Waals surface area (Å²) >= 11 is 0. The molecule has 128 valence electrons. The van der Waals surface area contributed by atoms with E-state index in [-0.39, 0.29) is 28.9 Å². The molecule has 1 aliphatic heterocycles. The largest absolute Gasteiger partial charge is 0.506 e. The zero-order chi connectivity index (χ0) is 17.4. The van der Waals surface area contributed by atoms with Gasteiger partial charge < -0.3 is 25.3 Å². The molecule has 6 nitrogen and oxygen atoms in total. The molecule has 2 rings (SSSR count). The molecule has 0 spiro atoms. The monoisotopic (exact) mass is 338 g/mol. The number of phenolic OH excluding ortho intramolecular Hbond substituents is 1. The van der Waals surface area contributed by atoms with Gasteiger partial charge in [-0.25, -0.2) is 0 Å². The molecule has 0 saturated carbocycles. The molecule has 0 saturated heterocycles. The van der Waals surface area contributed by atoms with Crippen LogP contribution in [0.15, 0.2) is 18.2 Å². The van der Waals surface area contributed by atoms with Crippen LogP contribution in [0.4, 0.5) is 5.69 Å². The van der Waals surface area contributed by atoms with Crippen molar-refractivity contribution in [2.24, 2.45) is 5.73 Å². The van der Waals surface area contributed by atoms with Crippen molar-refractivity contribution in [3.8, 4) is 11.5 Å². The number of nitrogens with one attached hydrogen (secondary N) is 1. The molecule has 7 heteroatoms. The van der Waals surface area contributed by atoms with E-state index in [4.69, 9.17) is 14.9 Å². The number of rotatable bonds is 4. The molecule has 0 radical (unpaired) electrons. The highest BCUT2D eigenvalue weighted by molar-refractivity contribution is 6.74. The van der Waals surface area contributed by atoms with Crippen molar-refractivity contribution in [3.63, 3.8) is 0 Å². The first kappa shape index (κ1) is 17.8. The number of benzene rings is 1. The number of para-hydroxylation sites is 1. The topological polar surface area (TPSA) is 93.8 Å². The first-order valence-corrected chi connectivity index (χ1v) is 10.6. The summed E-state index contributed by atoms with van der Waals surface area (Å²) in [4.78, 5) is 12.4. The SMILES string of the molecule is CC(C)(C)[Si](C)(C)OC(CN)[C@H]1Oc2cccc(O)c2NC1=O. The van der Waals surface area contributed by atoms with Crippen molar-refractivity contribution in [3.05, 3.63) is 18.2 Å². The number of hydrogen-bond acceptors (Lipinski definition) is 5. The van der Waals surface area contributed by atoms with Gasteiger partial charge in [0.15, 0.2) is 8.32 Å². The Morgan fingerprint density at radius 3 is 2.65 bits per heavy atom. The summed E-state index contributed by atoms with van der Waals surface area (Å²) in [6.45, 7) is 10.8. The number of anilines is 1. The van der Waals surface area contributed by atoms with Gasteiger partial charge in [0.1, 0.15) is 23.3 Å². The molecule has 2 atom stereocenters. The molecule has 1 heterocycles. The Morgan fingerprint density at radius 1 is 1.43 bits per heavy atom. The van der Waals surface area contributed by atoms with E-state index >= 15 is 0 Å². The van der Waals surface area contributed by atoms with E-state index in [2.05, 4.69) is 39.2 Å². The lowest BCUT2D eigenvalue weighted by Crippen LogP contribution is -2.55. The Balaban J connectivity index is 2.24. The van der Waals surface area contributed by atoms with Crippen LogP contribution in [-0.4, -0.2) is 38.1 Å². The predicted octanol–water partition coefficient (Wildman–Crippen LogP) is 2.44. The van der Waals surface area contributed by atoms with Gasteiger partial charge in [0.05, 0.1) is 0 Å². The number of carbonyl (C=O) groups excluding carboxylic acids is 1. The van der Waals surface area contributed by atoms with Crippen molar-refractivity contribution in [1.82, 2.24) is 0 Å². The van der Waals surface area contributed by atoms with Crippen LogP contribution in [0.5, 0.6) is 11.5 Å². The highest BCUT2D eigenvalue weighted by Gasteiger charge is 2.43. The molecule has 1 amide bonds. The number of hydrogen-bond donors (Lipinski definition) is 3. The van der Waals surface area contributed by atoms with Crippen molar-refractivity contribution in [2.75, 3.05) is 11.9 Å². The minimum absolute atomic E-state index is 0.00172. The minimum atomic E-state index is -2.09. The summed E-state index contributed by atoms with van der Waals surface area (Å²) in [6, 6.07) is 4.85. The smallest absolute Gasteiger partial charge is 0.268 e. The van der Waals surface area contributed by atoms with Crippen LogP contribution < -0.4 is 15.8 Å². The summed E-state index contributed by atoms with van der Waals surface area (Å²) < 4.78 is 12.1. The highest BCUT2D eigenvalue weighted by atomic mass is 28.4. The van der Waals surface area contributed by atoms with Crippen LogP contribution in [0, 0.1) is 0 Å². The Hall–Kier alpha value is -1.57. The molecule has 1 aromatic rings. The second kappa shape index (κ2) is 6.14. The van der Waals surface area contributed by atoms with Crippen molar-refractivity contribution in [2.45, 2.75) is 51.1 Å². The van der Waals surface area contributed by atoms with Crippen LogP contribution in [0.2, 0.25) is 18.1 Å². The summed E-state index contributed by atoms with van der Waals surface area (Å²) in [5.74, 6) is 0.0453. The number of ether oxygens (including phenoxy) is 1. The van der Waals surface area contributed by atoms with E-state index in [9.17, 15) is 9.90 Å². The third-order valence-electron chi connectivity index (χ3n) is 4.59. The maximum absolute atomic E-state index is 12.4. The predicted molar refractivity (Wildman–Crippen MR) is 92.3 cm³/mol. The average molecular weight is 338 g/mol. The second-order valence-electron chi connectivity index (χ2n) is 7.33. The molecule has 0 bridgehead atoms. The zero-order valence-corrected chi connectivity index (χ0v) is 15.3. The van der Waals surface area contributed by atoms with E-state index in [1.54, 1.807) is 12.1 Å². The van der Waals surface area contributed by atoms with Gasteiger partial charge in [0.2, 0.25) is 6.10 Å². The molecule has 0 aromatic heterocycles. The van der Waals surface area contributed by atoms with Gasteiger partial charge >= 0.3 is 0 Å². The molecular weight excluding hydrogens is 312 g/mol. The van der Waals surface area contributed by atoms with Gasteiger partial charge in [0.25, 0.3) is 5.91 Å². The van der Waals surface area contributed by atoms with Gasteiger partial charge in [0, 0.05) is 6.54 Å². The lowest BCUT2D eigenvalue weighted by atomic mass is 10.1. The number of amides is 1. The van der Waals surface area contributed by atoms with E-state index in [0.717, 1.165) is 0 Å². The molecule has 1 aromatic carbocycles. The van der Waals surface area contributed by atoms with E-state index < -0.39 is 20.5 Å². The Labute approximate surface area is 138 Å². The molecular formula is C16H26N2O4Si. The van der Waals surface area contributed by atoms with Crippen LogP contribution >= 0.6 is 0 Å². The highest BCUT2D eigenvalue weighted by Crippen LogP contribution is 2.40. The Kier molecular flexibility index (Phi) is 4.75. The lowest BCUT2D eigenvalue weighted by molar-refractivity contribution is -0.127. The fourth-order valence-electron chi connectivity index (χ4n) is 2.16. The van der Waals surface area contributed by atoms with Gasteiger partial charge in [-0.2, -0.15) is 0 Å². The summed E-state index contributed by atoms with van der Waals surface area (Å²) in [7, 11) is -2.09. The number of carbonyl (C=O) groups is 1. The molecule has 23 heavy (non-hydrogen) atoms. The van der Waals surface area contributed by atoms with Crippen LogP contribution in [0.3, 0.4) is 0 Å². The lowest BCUT2D eigenvalue weighted by Gasteiger charge is -2.41. The first-order chi connectivity index (χ1) is 10.6. The van der Waals surface area contributed by atoms with Crippen molar-refractivity contribution >= 4 is 19.9 Å². The van der Waals surface area contributed by atoms with Crippen molar-refractivity contribution in [1.29, 1.82) is 0 Å². The molecule has 1 unspecified atom stereocenters. The number of nitrogens with two attached hydrogens (primary N) is 1. The quantitative estimate of drug-likeness (QED) is 0.579. The zero-order valence-electron chi connectivity index (χ0n) is 14.3. The molecule has 0 fully saturated rings. The van der Waals surface area contributed by atoms with Gasteiger partial charge in [-0.15, -0.1) is 0 Å². The number of phenols is 1. The normalized spacial score (nSPS) is 19.6. The molecule has 4 N–H and O–H groups in total. The minimum Gasteiger partial charge on any atom is -0.506 e. The van der Waals surface area contributed by atoms with E-state index in [1.807, 2.05) is 0 Å². The van der Waals surface area contributed by atoms with Gasteiger partial charge in [-0.1, -0.05) is 26.8 Å². The maximum Gasteiger partial charge on any atom is 0.268 e. The number of aromatic hydroxyl groups is 1. The van der Waals surface area contributed by atoms with E-state index in [1.165, 1.54) is 6.07 Å². The third-order valence-corrected chi connectivity index (χ3v) is 9.09. The Bertz CT molecular complexity index is 598. The fourth-order valence-corrected chi connectivity index (χ4v) is 3.49. The van der Waals surface area contributed by atoms with Crippen LogP contribution in [-0.2, 0) is 9.22 Å². The molecule has 0 aliphatic carbocycles. The third kappa shape index (κ3) is 3.51. The summed E-state index contributed by atoms with van der Waals surface area (Å²) in [5.41, 5.74) is 6.14. The summed E-state index contributed by atoms with van der Waals surface area (Å²) in [6.07, 6.45) is -1.37. The fraction of sp³-hybridized carbons (Fsp3) is 0.562.